The zero-order valence-corrected chi connectivity index (χ0v) is 13.5. The molecule has 116 valence electrons. The van der Waals surface area contributed by atoms with E-state index in [2.05, 4.69) is 0 Å². The Morgan fingerprint density at radius 1 is 0.500 bits per heavy atom. The average molecular weight is 278 g/mol. The van der Waals surface area contributed by atoms with Crippen LogP contribution in [0.2, 0.25) is 0 Å². The highest BCUT2D eigenvalue weighted by atomic mass is 16.5. The highest BCUT2D eigenvalue weighted by molar-refractivity contribution is 4.84. The van der Waals surface area contributed by atoms with Gasteiger partial charge >= 0.3 is 0 Å². The molecule has 0 N–H and O–H groups in total. The molecule has 3 rings (SSSR count). The third kappa shape index (κ3) is 3.59. The van der Waals surface area contributed by atoms with Crippen LogP contribution in [0.15, 0.2) is 0 Å². The summed E-state index contributed by atoms with van der Waals surface area (Å²) >= 11 is 0. The Labute approximate surface area is 125 Å². The van der Waals surface area contributed by atoms with Crippen LogP contribution >= 0.6 is 0 Å². The maximum Gasteiger partial charge on any atom is 0.0571 e. The summed E-state index contributed by atoms with van der Waals surface area (Å²) in [5.74, 6) is 4.30. The molecule has 0 saturated heterocycles. The third-order valence-electron chi connectivity index (χ3n) is 6.85. The summed E-state index contributed by atoms with van der Waals surface area (Å²) in [6.45, 7) is 0. The van der Waals surface area contributed by atoms with Crippen molar-refractivity contribution in [2.24, 2.45) is 23.7 Å². The molecule has 3 fully saturated rings. The molecule has 1 nitrogen and oxygen atoms in total. The molecular formula is C19H34O. The lowest BCUT2D eigenvalue weighted by Crippen LogP contribution is -2.30. The monoisotopic (exact) mass is 278 g/mol. The minimum absolute atomic E-state index is 0.574. The first-order valence-corrected chi connectivity index (χ1v) is 9.39. The molecular weight excluding hydrogens is 244 g/mol. The second-order valence-electron chi connectivity index (χ2n) is 7.85. The summed E-state index contributed by atoms with van der Waals surface area (Å²) in [5.41, 5.74) is 0. The lowest BCUT2D eigenvalue weighted by molar-refractivity contribution is 0.0362. The summed E-state index contributed by atoms with van der Waals surface area (Å²) in [6, 6.07) is 0. The topological polar surface area (TPSA) is 9.23 Å². The number of methoxy groups -OCH3 is 1. The van der Waals surface area contributed by atoms with Gasteiger partial charge in [-0.25, -0.2) is 0 Å². The van der Waals surface area contributed by atoms with Crippen LogP contribution in [0, 0.1) is 23.7 Å². The predicted molar refractivity (Wildman–Crippen MR) is 84.8 cm³/mol. The molecule has 3 saturated carbocycles. The van der Waals surface area contributed by atoms with E-state index in [1.165, 1.54) is 44.9 Å². The van der Waals surface area contributed by atoms with Crippen molar-refractivity contribution in [2.45, 2.75) is 89.6 Å². The lowest BCUT2D eigenvalue weighted by atomic mass is 9.66. The lowest BCUT2D eigenvalue weighted by Gasteiger charge is -2.40. The van der Waals surface area contributed by atoms with E-state index >= 15 is 0 Å². The van der Waals surface area contributed by atoms with Gasteiger partial charge in [-0.2, -0.15) is 0 Å². The number of ether oxygens (including phenoxy) is 1. The van der Waals surface area contributed by atoms with Crippen LogP contribution in [0.4, 0.5) is 0 Å². The van der Waals surface area contributed by atoms with Crippen LogP contribution < -0.4 is 0 Å². The van der Waals surface area contributed by atoms with Gasteiger partial charge in [0.25, 0.3) is 0 Å². The van der Waals surface area contributed by atoms with E-state index in [0.717, 1.165) is 23.7 Å². The maximum absolute atomic E-state index is 5.52. The van der Waals surface area contributed by atoms with Crippen molar-refractivity contribution in [2.75, 3.05) is 7.11 Å². The van der Waals surface area contributed by atoms with Gasteiger partial charge in [-0.05, 0) is 75.0 Å². The standard InChI is InChI=1S/C19H34O/c1-20-19-13-11-18(12-14-19)17-9-7-16(8-10-17)15-5-3-2-4-6-15/h15-19H,2-14H2,1H3. The van der Waals surface area contributed by atoms with Crippen molar-refractivity contribution in [3.05, 3.63) is 0 Å². The van der Waals surface area contributed by atoms with Crippen LogP contribution in [0.1, 0.15) is 83.5 Å². The largest absolute Gasteiger partial charge is 0.381 e. The zero-order valence-electron chi connectivity index (χ0n) is 13.5. The van der Waals surface area contributed by atoms with E-state index in [1.54, 1.807) is 38.5 Å². The molecule has 0 amide bonds. The number of hydrogen-bond donors (Lipinski definition) is 0. The van der Waals surface area contributed by atoms with Crippen molar-refractivity contribution < 1.29 is 4.74 Å². The molecule has 3 aliphatic carbocycles. The fraction of sp³-hybridized carbons (Fsp3) is 1.00. The minimum Gasteiger partial charge on any atom is -0.381 e. The Hall–Kier alpha value is -0.0400. The van der Waals surface area contributed by atoms with Gasteiger partial charge in [0.2, 0.25) is 0 Å². The molecule has 0 aromatic rings. The van der Waals surface area contributed by atoms with Gasteiger partial charge in [-0.1, -0.05) is 32.1 Å². The van der Waals surface area contributed by atoms with E-state index in [-0.39, 0.29) is 0 Å². The van der Waals surface area contributed by atoms with Gasteiger partial charge in [0, 0.05) is 7.11 Å². The molecule has 20 heavy (non-hydrogen) atoms. The molecule has 0 bridgehead atoms. The van der Waals surface area contributed by atoms with Crippen molar-refractivity contribution >= 4 is 0 Å². The molecule has 3 aliphatic rings. The first-order chi connectivity index (χ1) is 9.86. The van der Waals surface area contributed by atoms with Gasteiger partial charge in [0.1, 0.15) is 0 Å². The molecule has 0 atom stereocenters. The van der Waals surface area contributed by atoms with Crippen molar-refractivity contribution in [3.8, 4) is 0 Å². The van der Waals surface area contributed by atoms with Crippen LogP contribution in [0.25, 0.3) is 0 Å². The van der Waals surface area contributed by atoms with E-state index < -0.39 is 0 Å². The highest BCUT2D eigenvalue weighted by Gasteiger charge is 2.33. The van der Waals surface area contributed by atoms with Crippen LogP contribution in [-0.2, 0) is 4.74 Å². The predicted octanol–water partition coefficient (Wildman–Crippen LogP) is 5.58. The van der Waals surface area contributed by atoms with Crippen molar-refractivity contribution in [3.63, 3.8) is 0 Å². The van der Waals surface area contributed by atoms with E-state index in [9.17, 15) is 0 Å². The number of rotatable bonds is 3. The van der Waals surface area contributed by atoms with Crippen molar-refractivity contribution in [1.82, 2.24) is 0 Å². The van der Waals surface area contributed by atoms with Crippen LogP contribution in [0.5, 0.6) is 0 Å². The fourth-order valence-corrected chi connectivity index (χ4v) is 5.49. The molecule has 1 heteroatoms. The summed E-state index contributed by atoms with van der Waals surface area (Å²) < 4.78 is 5.52. The third-order valence-corrected chi connectivity index (χ3v) is 6.85. The fourth-order valence-electron chi connectivity index (χ4n) is 5.49. The molecule has 0 spiro atoms. The van der Waals surface area contributed by atoms with Gasteiger partial charge in [0.15, 0.2) is 0 Å². The normalized spacial score (nSPS) is 40.6. The minimum atomic E-state index is 0.574. The van der Waals surface area contributed by atoms with Crippen LogP contribution in [0.3, 0.4) is 0 Å². The summed E-state index contributed by atoms with van der Waals surface area (Å²) in [4.78, 5) is 0. The molecule has 0 aromatic heterocycles. The quantitative estimate of drug-likeness (QED) is 0.655. The van der Waals surface area contributed by atoms with Gasteiger partial charge in [0.05, 0.1) is 6.10 Å². The Morgan fingerprint density at radius 3 is 1.35 bits per heavy atom. The summed E-state index contributed by atoms with van der Waals surface area (Å²) in [6.07, 6.45) is 20.0. The van der Waals surface area contributed by atoms with E-state index in [4.69, 9.17) is 4.74 Å². The van der Waals surface area contributed by atoms with E-state index in [1.807, 2.05) is 7.11 Å². The smallest absolute Gasteiger partial charge is 0.0571 e. The Morgan fingerprint density at radius 2 is 0.900 bits per heavy atom. The first kappa shape index (κ1) is 14.9. The van der Waals surface area contributed by atoms with Gasteiger partial charge < -0.3 is 4.74 Å². The zero-order chi connectivity index (χ0) is 13.8. The Bertz CT molecular complexity index is 265. The average Bonchev–Trinajstić information content (AvgIpc) is 2.56. The molecule has 0 aromatic carbocycles. The second kappa shape index (κ2) is 7.29. The highest BCUT2D eigenvalue weighted by Crippen LogP contribution is 2.44. The molecule has 0 radical (unpaired) electrons. The SMILES string of the molecule is COC1CCC(C2CCC(C3CCCCC3)CC2)CC1. The summed E-state index contributed by atoms with van der Waals surface area (Å²) in [5, 5.41) is 0. The number of hydrogen-bond acceptors (Lipinski definition) is 1. The summed E-state index contributed by atoms with van der Waals surface area (Å²) in [7, 11) is 1.89. The molecule has 0 aliphatic heterocycles. The maximum atomic E-state index is 5.52. The Balaban J connectivity index is 1.42. The van der Waals surface area contributed by atoms with Gasteiger partial charge in [-0.3, -0.25) is 0 Å². The van der Waals surface area contributed by atoms with Gasteiger partial charge in [-0.15, -0.1) is 0 Å². The molecule has 0 unspecified atom stereocenters. The van der Waals surface area contributed by atoms with Crippen molar-refractivity contribution in [1.29, 1.82) is 0 Å². The Kier molecular flexibility index (Phi) is 5.42. The van der Waals surface area contributed by atoms with E-state index in [0.29, 0.717) is 6.10 Å². The van der Waals surface area contributed by atoms with Crippen LogP contribution in [-0.4, -0.2) is 13.2 Å². The second-order valence-corrected chi connectivity index (χ2v) is 7.85. The first-order valence-electron chi connectivity index (χ1n) is 9.39. The molecule has 0 heterocycles.